The summed E-state index contributed by atoms with van der Waals surface area (Å²) in [7, 11) is 3.60. The molecule has 26 heavy (non-hydrogen) atoms. The minimum absolute atomic E-state index is 0.583. The van der Waals surface area contributed by atoms with Gasteiger partial charge in [-0.15, -0.1) is 5.10 Å². The number of anilines is 1. The number of nitrogens with zero attached hydrogens (tertiary/aromatic N) is 4. The lowest BCUT2D eigenvalue weighted by Crippen LogP contribution is -2.13. The molecule has 0 unspecified atom stereocenters. The lowest BCUT2D eigenvalue weighted by molar-refractivity contribution is 0.171. The zero-order chi connectivity index (χ0) is 17.9. The Kier molecular flexibility index (Phi) is 4.53. The molecule has 0 saturated heterocycles. The maximum Gasteiger partial charge on any atom is 0.240 e. The lowest BCUT2D eigenvalue weighted by atomic mass is 10.2. The number of amidine groups is 1. The number of hydrogen-bond acceptors (Lipinski definition) is 6. The molecule has 0 spiro atoms. The Morgan fingerprint density at radius 2 is 2.15 bits per heavy atom. The van der Waals surface area contributed by atoms with E-state index in [-0.39, 0.29) is 0 Å². The van der Waals surface area contributed by atoms with E-state index in [1.165, 1.54) is 0 Å². The number of fused-ring (bicyclic) bond motifs is 2. The average molecular weight is 351 g/mol. The molecule has 0 fully saturated rings. The number of aryl methyl sites for hydroxylation is 1. The molecular formula is C19H21N5O2. The Bertz CT molecular complexity index is 964. The van der Waals surface area contributed by atoms with Gasteiger partial charge in [-0.1, -0.05) is 6.07 Å². The number of rotatable bonds is 6. The maximum absolute atomic E-state index is 5.80. The minimum Gasteiger partial charge on any atom is -0.476 e. The normalized spacial score (nSPS) is 12.9. The number of pyridine rings is 1. The fourth-order valence-electron chi connectivity index (χ4n) is 3.03. The molecule has 0 bridgehead atoms. The van der Waals surface area contributed by atoms with Crippen molar-refractivity contribution in [2.24, 2.45) is 12.0 Å². The second-order valence-corrected chi connectivity index (χ2v) is 6.16. The van der Waals surface area contributed by atoms with E-state index in [4.69, 9.17) is 9.47 Å². The fourth-order valence-corrected chi connectivity index (χ4v) is 3.03. The first-order valence-corrected chi connectivity index (χ1v) is 8.60. The van der Waals surface area contributed by atoms with Crippen LogP contribution < -0.4 is 10.1 Å². The highest BCUT2D eigenvalue weighted by Gasteiger charge is 2.17. The van der Waals surface area contributed by atoms with Crippen LogP contribution in [-0.4, -0.2) is 40.9 Å². The summed E-state index contributed by atoms with van der Waals surface area (Å²) in [6, 6.07) is 10.1. The largest absolute Gasteiger partial charge is 0.476 e. The lowest BCUT2D eigenvalue weighted by Gasteiger charge is -2.07. The second kappa shape index (κ2) is 7.13. The number of nitrogens with one attached hydrogen (secondary N) is 1. The van der Waals surface area contributed by atoms with E-state index in [0.717, 1.165) is 40.1 Å². The number of ether oxygens (including phenoxy) is 2. The van der Waals surface area contributed by atoms with Crippen molar-refractivity contribution in [3.63, 3.8) is 0 Å². The van der Waals surface area contributed by atoms with Crippen LogP contribution in [0, 0.1) is 0 Å². The summed E-state index contributed by atoms with van der Waals surface area (Å²) < 4.78 is 12.7. The van der Waals surface area contributed by atoms with Crippen molar-refractivity contribution < 1.29 is 9.47 Å². The SMILES string of the molecule is COCCCOc1nn(C)c2cc(NC3=NCc4cccnc43)ccc12. The summed E-state index contributed by atoms with van der Waals surface area (Å²) in [6.45, 7) is 1.93. The van der Waals surface area contributed by atoms with Crippen molar-refractivity contribution in [3.8, 4) is 5.88 Å². The Hall–Kier alpha value is -2.93. The van der Waals surface area contributed by atoms with Crippen LogP contribution in [0.2, 0.25) is 0 Å². The molecule has 3 heterocycles. The highest BCUT2D eigenvalue weighted by Crippen LogP contribution is 2.28. The molecule has 0 atom stereocenters. The number of aliphatic imine (C=N–C) groups is 1. The summed E-state index contributed by atoms with van der Waals surface area (Å²) in [5.41, 5.74) is 4.00. The van der Waals surface area contributed by atoms with Gasteiger partial charge < -0.3 is 14.8 Å². The zero-order valence-corrected chi connectivity index (χ0v) is 14.9. The van der Waals surface area contributed by atoms with E-state index in [9.17, 15) is 0 Å². The van der Waals surface area contributed by atoms with Gasteiger partial charge in [0.15, 0.2) is 5.84 Å². The van der Waals surface area contributed by atoms with Crippen molar-refractivity contribution in [3.05, 3.63) is 47.8 Å². The smallest absolute Gasteiger partial charge is 0.240 e. The predicted molar refractivity (Wildman–Crippen MR) is 101 cm³/mol. The predicted octanol–water partition coefficient (Wildman–Crippen LogP) is 2.76. The molecule has 3 aromatic rings. The molecule has 1 aliphatic rings. The van der Waals surface area contributed by atoms with Crippen molar-refractivity contribution in [2.45, 2.75) is 13.0 Å². The van der Waals surface area contributed by atoms with Crippen LogP contribution in [-0.2, 0) is 18.3 Å². The van der Waals surface area contributed by atoms with Gasteiger partial charge in [0, 0.05) is 44.6 Å². The third kappa shape index (κ3) is 3.13. The van der Waals surface area contributed by atoms with Gasteiger partial charge in [-0.25, -0.2) is 0 Å². The van der Waals surface area contributed by atoms with Crippen LogP contribution in [0.15, 0.2) is 41.5 Å². The van der Waals surface area contributed by atoms with Crippen LogP contribution in [0.25, 0.3) is 10.9 Å². The van der Waals surface area contributed by atoms with E-state index < -0.39 is 0 Å². The highest BCUT2D eigenvalue weighted by atomic mass is 16.5. The van der Waals surface area contributed by atoms with Crippen LogP contribution in [0.3, 0.4) is 0 Å². The first kappa shape index (κ1) is 16.5. The fraction of sp³-hybridized carbons (Fsp3) is 0.316. The number of hydrogen-bond donors (Lipinski definition) is 1. The van der Waals surface area contributed by atoms with Gasteiger partial charge in [0.25, 0.3) is 0 Å². The highest BCUT2D eigenvalue weighted by molar-refractivity contribution is 6.09. The van der Waals surface area contributed by atoms with Gasteiger partial charge in [0.2, 0.25) is 5.88 Å². The molecule has 7 nitrogen and oxygen atoms in total. The maximum atomic E-state index is 5.80. The molecule has 1 aliphatic heterocycles. The molecular weight excluding hydrogens is 330 g/mol. The summed E-state index contributed by atoms with van der Waals surface area (Å²) in [5, 5.41) is 8.84. The molecule has 0 saturated carbocycles. The van der Waals surface area contributed by atoms with Crippen LogP contribution in [0.5, 0.6) is 5.88 Å². The molecule has 134 valence electrons. The van der Waals surface area contributed by atoms with Crippen LogP contribution >= 0.6 is 0 Å². The van der Waals surface area contributed by atoms with Crippen molar-refractivity contribution >= 4 is 22.4 Å². The van der Waals surface area contributed by atoms with E-state index in [1.807, 2.05) is 36.0 Å². The first-order valence-electron chi connectivity index (χ1n) is 8.60. The molecule has 7 heteroatoms. The van der Waals surface area contributed by atoms with Crippen molar-refractivity contribution in [1.82, 2.24) is 14.8 Å². The Morgan fingerprint density at radius 1 is 1.23 bits per heavy atom. The van der Waals surface area contributed by atoms with Gasteiger partial charge >= 0.3 is 0 Å². The number of methoxy groups -OCH3 is 1. The Labute approximate surface area is 151 Å². The molecule has 4 rings (SSSR count). The Morgan fingerprint density at radius 3 is 3.04 bits per heavy atom. The van der Waals surface area contributed by atoms with E-state index in [0.29, 0.717) is 25.6 Å². The van der Waals surface area contributed by atoms with Crippen LogP contribution in [0.1, 0.15) is 17.7 Å². The molecule has 1 N–H and O–H groups in total. The second-order valence-electron chi connectivity index (χ2n) is 6.16. The summed E-state index contributed by atoms with van der Waals surface area (Å²) in [4.78, 5) is 8.98. The minimum atomic E-state index is 0.583. The number of aromatic nitrogens is 3. The Balaban J connectivity index is 1.54. The zero-order valence-electron chi connectivity index (χ0n) is 14.9. The van der Waals surface area contributed by atoms with E-state index >= 15 is 0 Å². The van der Waals surface area contributed by atoms with Gasteiger partial charge in [0.1, 0.15) is 5.69 Å². The summed E-state index contributed by atoms with van der Waals surface area (Å²) >= 11 is 0. The molecule has 0 radical (unpaired) electrons. The first-order chi connectivity index (χ1) is 12.8. The molecule has 0 amide bonds. The van der Waals surface area contributed by atoms with Crippen LogP contribution in [0.4, 0.5) is 5.69 Å². The topological polar surface area (TPSA) is 73.6 Å². The molecule has 0 aliphatic carbocycles. The standard InChI is InChI=1S/C19H21N5O2/c1-24-16-11-14(22-18-17-13(12-21-18)5-3-8-20-17)6-7-15(16)19(23-24)26-10-4-9-25-2/h3,5-8,11H,4,9-10,12H2,1-2H3,(H,21,22). The van der Waals surface area contributed by atoms with Gasteiger partial charge in [-0.05, 0) is 24.3 Å². The summed E-state index contributed by atoms with van der Waals surface area (Å²) in [5.74, 6) is 1.45. The monoisotopic (exact) mass is 351 g/mol. The van der Waals surface area contributed by atoms with Gasteiger partial charge in [0.05, 0.1) is 24.1 Å². The number of benzene rings is 1. The van der Waals surface area contributed by atoms with Crippen molar-refractivity contribution in [2.75, 3.05) is 25.6 Å². The summed E-state index contributed by atoms with van der Waals surface area (Å²) in [6.07, 6.45) is 2.62. The van der Waals surface area contributed by atoms with Crippen molar-refractivity contribution in [1.29, 1.82) is 0 Å². The quantitative estimate of drug-likeness (QED) is 0.691. The molecule has 2 aromatic heterocycles. The van der Waals surface area contributed by atoms with Gasteiger partial charge in [-0.3, -0.25) is 14.7 Å². The van der Waals surface area contributed by atoms with E-state index in [2.05, 4.69) is 26.5 Å². The average Bonchev–Trinajstić information content (AvgIpc) is 3.21. The van der Waals surface area contributed by atoms with Gasteiger partial charge in [-0.2, -0.15) is 0 Å². The van der Waals surface area contributed by atoms with E-state index in [1.54, 1.807) is 13.3 Å². The third-order valence-corrected chi connectivity index (χ3v) is 4.34. The molecule has 1 aromatic carbocycles. The third-order valence-electron chi connectivity index (χ3n) is 4.34.